The van der Waals surface area contributed by atoms with Crippen LogP contribution in [0.25, 0.3) is 0 Å². The third-order valence-corrected chi connectivity index (χ3v) is 3.49. The molecule has 0 aromatic carbocycles. The monoisotopic (exact) mass is 266 g/mol. The molecule has 4 nitrogen and oxygen atoms in total. The number of hydrogen-bond donors (Lipinski definition) is 1. The van der Waals surface area contributed by atoms with Crippen molar-refractivity contribution < 1.29 is 14.3 Å². The molecular formula is C14H19FN2O2. The van der Waals surface area contributed by atoms with Gasteiger partial charge in [0, 0.05) is 17.5 Å². The summed E-state index contributed by atoms with van der Waals surface area (Å²) in [7, 11) is 0. The van der Waals surface area contributed by atoms with Crippen molar-refractivity contribution in [1.29, 1.82) is 0 Å². The summed E-state index contributed by atoms with van der Waals surface area (Å²) in [4.78, 5) is 17.8. The summed E-state index contributed by atoms with van der Waals surface area (Å²) < 4.78 is 13.9. The quantitative estimate of drug-likeness (QED) is 0.887. The van der Waals surface area contributed by atoms with E-state index in [2.05, 4.69) is 4.98 Å². The van der Waals surface area contributed by atoms with Gasteiger partial charge < -0.3 is 10.0 Å². The van der Waals surface area contributed by atoms with E-state index in [1.54, 1.807) is 18.3 Å². The zero-order chi connectivity index (χ0) is 14.2. The van der Waals surface area contributed by atoms with Gasteiger partial charge in [-0.05, 0) is 25.0 Å². The van der Waals surface area contributed by atoms with Gasteiger partial charge >= 0.3 is 0 Å². The van der Waals surface area contributed by atoms with E-state index >= 15 is 0 Å². The van der Waals surface area contributed by atoms with E-state index in [-0.39, 0.29) is 24.9 Å². The molecule has 1 aliphatic rings. The number of β-amino-alcohol motifs (C(OH)–C–C–N with tert-alkyl or cyclic N) is 1. The van der Waals surface area contributed by atoms with Gasteiger partial charge in [-0.2, -0.15) is 0 Å². The SMILES string of the molecule is CC(C)c1cc(C(=O)N2CC(O)C(C)(F)C2)ccn1. The van der Waals surface area contributed by atoms with Crippen LogP contribution in [0.2, 0.25) is 0 Å². The van der Waals surface area contributed by atoms with Crippen molar-refractivity contribution in [3.8, 4) is 0 Å². The van der Waals surface area contributed by atoms with E-state index in [1.165, 1.54) is 11.8 Å². The Balaban J connectivity index is 2.19. The summed E-state index contributed by atoms with van der Waals surface area (Å²) in [6.07, 6.45) is 0.465. The molecule has 1 aromatic rings. The Morgan fingerprint density at radius 2 is 2.32 bits per heavy atom. The second-order valence-electron chi connectivity index (χ2n) is 5.60. The minimum absolute atomic E-state index is 0.0329. The van der Waals surface area contributed by atoms with Crippen LogP contribution in [0.15, 0.2) is 18.3 Å². The van der Waals surface area contributed by atoms with Gasteiger partial charge in [0.1, 0.15) is 6.10 Å². The number of aliphatic hydroxyl groups is 1. The molecule has 1 saturated heterocycles. The highest BCUT2D eigenvalue weighted by molar-refractivity contribution is 5.94. The van der Waals surface area contributed by atoms with Crippen molar-refractivity contribution in [2.45, 2.75) is 38.5 Å². The first-order chi connectivity index (χ1) is 8.81. The summed E-state index contributed by atoms with van der Waals surface area (Å²) in [6, 6.07) is 3.35. The predicted molar refractivity (Wildman–Crippen MR) is 69.7 cm³/mol. The predicted octanol–water partition coefficient (Wildman–Crippen LogP) is 1.75. The van der Waals surface area contributed by atoms with E-state index in [0.717, 1.165) is 5.69 Å². The Bertz CT molecular complexity index is 488. The summed E-state index contributed by atoms with van der Waals surface area (Å²) in [6.45, 7) is 5.26. The van der Waals surface area contributed by atoms with Crippen LogP contribution in [0, 0.1) is 0 Å². The van der Waals surface area contributed by atoms with Gasteiger partial charge in [0.05, 0.1) is 13.1 Å². The van der Waals surface area contributed by atoms with Crippen LogP contribution in [0.5, 0.6) is 0 Å². The van der Waals surface area contributed by atoms with Crippen molar-refractivity contribution in [2.75, 3.05) is 13.1 Å². The van der Waals surface area contributed by atoms with Crippen molar-refractivity contribution in [2.24, 2.45) is 0 Å². The zero-order valence-corrected chi connectivity index (χ0v) is 11.4. The number of pyridine rings is 1. The maximum absolute atomic E-state index is 13.9. The molecule has 2 unspecified atom stereocenters. The third kappa shape index (κ3) is 2.76. The first-order valence-electron chi connectivity index (χ1n) is 6.43. The Morgan fingerprint density at radius 3 is 2.84 bits per heavy atom. The fraction of sp³-hybridized carbons (Fsp3) is 0.571. The lowest BCUT2D eigenvalue weighted by molar-refractivity contribution is 0.0459. The van der Waals surface area contributed by atoms with Gasteiger partial charge in [-0.15, -0.1) is 0 Å². The first-order valence-corrected chi connectivity index (χ1v) is 6.43. The highest BCUT2D eigenvalue weighted by atomic mass is 19.1. The molecule has 1 N–H and O–H groups in total. The van der Waals surface area contributed by atoms with Gasteiger partial charge in [0.15, 0.2) is 5.67 Å². The van der Waals surface area contributed by atoms with Crippen molar-refractivity contribution in [3.63, 3.8) is 0 Å². The van der Waals surface area contributed by atoms with Crippen LogP contribution >= 0.6 is 0 Å². The number of hydrogen-bond acceptors (Lipinski definition) is 3. The van der Waals surface area contributed by atoms with Crippen molar-refractivity contribution in [3.05, 3.63) is 29.6 Å². The molecular weight excluding hydrogens is 247 g/mol. The normalized spacial score (nSPS) is 27.1. The number of amides is 1. The van der Waals surface area contributed by atoms with Gasteiger partial charge in [-0.25, -0.2) is 4.39 Å². The Morgan fingerprint density at radius 1 is 1.63 bits per heavy atom. The molecule has 1 fully saturated rings. The number of aromatic nitrogens is 1. The standard InChI is InChI=1S/C14H19FN2O2/c1-9(2)11-6-10(4-5-16-11)13(19)17-7-12(18)14(3,15)8-17/h4-6,9,12,18H,7-8H2,1-3H3. The van der Waals surface area contributed by atoms with E-state index in [1.807, 2.05) is 13.8 Å². The molecule has 0 spiro atoms. The van der Waals surface area contributed by atoms with Crippen LogP contribution in [-0.4, -0.2) is 45.8 Å². The molecule has 0 radical (unpaired) electrons. The first kappa shape index (κ1) is 13.9. The number of carbonyl (C=O) groups is 1. The van der Waals surface area contributed by atoms with E-state index in [0.29, 0.717) is 5.56 Å². The number of nitrogens with zero attached hydrogens (tertiary/aromatic N) is 2. The largest absolute Gasteiger partial charge is 0.388 e. The van der Waals surface area contributed by atoms with Crippen LogP contribution in [0.1, 0.15) is 42.7 Å². The number of carbonyl (C=O) groups excluding carboxylic acids is 1. The van der Waals surface area contributed by atoms with Crippen LogP contribution in [-0.2, 0) is 0 Å². The minimum Gasteiger partial charge on any atom is -0.388 e. The van der Waals surface area contributed by atoms with Crippen molar-refractivity contribution >= 4 is 5.91 Å². The van der Waals surface area contributed by atoms with Crippen molar-refractivity contribution in [1.82, 2.24) is 9.88 Å². The second-order valence-corrected chi connectivity index (χ2v) is 5.60. The van der Waals surface area contributed by atoms with Gasteiger partial charge in [-0.3, -0.25) is 9.78 Å². The second kappa shape index (κ2) is 4.89. The Hall–Kier alpha value is -1.49. The maximum Gasteiger partial charge on any atom is 0.254 e. The highest BCUT2D eigenvalue weighted by Gasteiger charge is 2.44. The number of halogens is 1. The maximum atomic E-state index is 13.9. The number of aliphatic hydroxyl groups excluding tert-OH is 1. The van der Waals surface area contributed by atoms with Crippen LogP contribution < -0.4 is 0 Å². The lowest BCUT2D eigenvalue weighted by Gasteiger charge is -2.17. The molecule has 0 bridgehead atoms. The molecule has 1 aromatic heterocycles. The molecule has 5 heteroatoms. The molecule has 2 atom stereocenters. The molecule has 1 aliphatic heterocycles. The smallest absolute Gasteiger partial charge is 0.254 e. The molecule has 104 valence electrons. The molecule has 0 saturated carbocycles. The molecule has 2 rings (SSSR count). The van der Waals surface area contributed by atoms with E-state index in [4.69, 9.17) is 0 Å². The zero-order valence-electron chi connectivity index (χ0n) is 11.4. The lowest BCUT2D eigenvalue weighted by atomic mass is 10.1. The summed E-state index contributed by atoms with van der Waals surface area (Å²) in [5.74, 6) is -0.0342. The van der Waals surface area contributed by atoms with E-state index in [9.17, 15) is 14.3 Å². The van der Waals surface area contributed by atoms with Gasteiger partial charge in [0.2, 0.25) is 0 Å². The highest BCUT2D eigenvalue weighted by Crippen LogP contribution is 2.26. The fourth-order valence-electron chi connectivity index (χ4n) is 2.18. The third-order valence-electron chi connectivity index (χ3n) is 3.49. The fourth-order valence-corrected chi connectivity index (χ4v) is 2.18. The number of alkyl halides is 1. The summed E-state index contributed by atoms with van der Waals surface area (Å²) in [5, 5.41) is 9.58. The van der Waals surface area contributed by atoms with E-state index < -0.39 is 11.8 Å². The minimum atomic E-state index is -1.73. The van der Waals surface area contributed by atoms with Crippen LogP contribution in [0.3, 0.4) is 0 Å². The lowest BCUT2D eigenvalue weighted by Crippen LogP contribution is -2.33. The van der Waals surface area contributed by atoms with Crippen LogP contribution in [0.4, 0.5) is 4.39 Å². The topological polar surface area (TPSA) is 53.4 Å². The molecule has 1 amide bonds. The average molecular weight is 266 g/mol. The number of likely N-dealkylation sites (tertiary alicyclic amines) is 1. The Kier molecular flexibility index (Phi) is 3.58. The Labute approximate surface area is 112 Å². The molecule has 19 heavy (non-hydrogen) atoms. The molecule has 0 aliphatic carbocycles. The average Bonchev–Trinajstić information content (AvgIpc) is 2.63. The number of rotatable bonds is 2. The summed E-state index contributed by atoms with van der Waals surface area (Å²) >= 11 is 0. The van der Waals surface area contributed by atoms with Gasteiger partial charge in [0.25, 0.3) is 5.91 Å². The van der Waals surface area contributed by atoms with Gasteiger partial charge in [-0.1, -0.05) is 13.8 Å². The molecule has 2 heterocycles. The summed E-state index contributed by atoms with van der Waals surface area (Å²) in [5.41, 5.74) is -0.416.